The number of esters is 1. The number of hydrogen-bond donors (Lipinski definition) is 0. The standard InChI is InChI=1S/C17H22N2O3/c1-2-21-17(20)15-7-9-19(10-8-15)11-12-22-16-5-3-14(13-18)4-6-16/h3-6,15H,2,7-12H2,1H3. The van der Waals surface area contributed by atoms with Gasteiger partial charge in [0.25, 0.3) is 0 Å². The van der Waals surface area contributed by atoms with Crippen LogP contribution in [0.5, 0.6) is 5.75 Å². The fraction of sp³-hybridized carbons (Fsp3) is 0.529. The van der Waals surface area contributed by atoms with Crippen molar-refractivity contribution >= 4 is 5.97 Å². The highest BCUT2D eigenvalue weighted by Gasteiger charge is 2.25. The van der Waals surface area contributed by atoms with Gasteiger partial charge in [0.1, 0.15) is 12.4 Å². The van der Waals surface area contributed by atoms with Gasteiger partial charge in [-0.25, -0.2) is 0 Å². The lowest BCUT2D eigenvalue weighted by molar-refractivity contribution is -0.149. The van der Waals surface area contributed by atoms with Crippen molar-refractivity contribution in [1.82, 2.24) is 4.90 Å². The summed E-state index contributed by atoms with van der Waals surface area (Å²) in [5, 5.41) is 8.74. The third-order valence-corrected chi connectivity index (χ3v) is 3.87. The van der Waals surface area contributed by atoms with Gasteiger partial charge in [0.15, 0.2) is 0 Å². The fourth-order valence-electron chi connectivity index (χ4n) is 2.57. The average molecular weight is 302 g/mol. The number of rotatable bonds is 6. The minimum absolute atomic E-state index is 0.0515. The van der Waals surface area contributed by atoms with Gasteiger partial charge in [0.2, 0.25) is 0 Å². The predicted molar refractivity (Wildman–Crippen MR) is 82.4 cm³/mol. The summed E-state index contributed by atoms with van der Waals surface area (Å²) in [6.45, 7) is 5.55. The van der Waals surface area contributed by atoms with Gasteiger partial charge < -0.3 is 9.47 Å². The molecule has 1 fully saturated rings. The molecule has 0 radical (unpaired) electrons. The summed E-state index contributed by atoms with van der Waals surface area (Å²) >= 11 is 0. The van der Waals surface area contributed by atoms with Gasteiger partial charge in [-0.3, -0.25) is 9.69 Å². The Labute approximate surface area is 131 Å². The van der Waals surface area contributed by atoms with E-state index in [0.717, 1.165) is 38.2 Å². The van der Waals surface area contributed by atoms with Crippen molar-refractivity contribution in [3.63, 3.8) is 0 Å². The van der Waals surface area contributed by atoms with E-state index in [1.54, 1.807) is 12.1 Å². The summed E-state index contributed by atoms with van der Waals surface area (Å²) < 4.78 is 10.7. The smallest absolute Gasteiger partial charge is 0.309 e. The molecule has 1 aromatic rings. The Morgan fingerprint density at radius 1 is 1.32 bits per heavy atom. The topological polar surface area (TPSA) is 62.6 Å². The van der Waals surface area contributed by atoms with Crippen molar-refractivity contribution in [3.05, 3.63) is 29.8 Å². The minimum atomic E-state index is -0.0593. The first-order valence-corrected chi connectivity index (χ1v) is 7.75. The summed E-state index contributed by atoms with van der Waals surface area (Å²) in [5.74, 6) is 0.770. The Morgan fingerprint density at radius 3 is 2.59 bits per heavy atom. The van der Waals surface area contributed by atoms with Gasteiger partial charge in [-0.1, -0.05) is 0 Å². The second kappa shape index (κ2) is 8.40. The third kappa shape index (κ3) is 4.74. The maximum Gasteiger partial charge on any atom is 0.309 e. The predicted octanol–water partition coefficient (Wildman–Crippen LogP) is 2.21. The molecule has 0 N–H and O–H groups in total. The highest BCUT2D eigenvalue weighted by atomic mass is 16.5. The van der Waals surface area contributed by atoms with E-state index in [0.29, 0.717) is 18.8 Å². The molecule has 2 rings (SSSR count). The summed E-state index contributed by atoms with van der Waals surface area (Å²) in [5.41, 5.74) is 0.633. The maximum atomic E-state index is 11.7. The minimum Gasteiger partial charge on any atom is -0.492 e. The van der Waals surface area contributed by atoms with Crippen molar-refractivity contribution in [1.29, 1.82) is 5.26 Å². The largest absolute Gasteiger partial charge is 0.492 e. The normalized spacial score (nSPS) is 16.0. The maximum absolute atomic E-state index is 11.7. The molecule has 0 atom stereocenters. The average Bonchev–Trinajstić information content (AvgIpc) is 2.56. The number of carbonyl (C=O) groups excluding carboxylic acids is 1. The van der Waals surface area contributed by atoms with Crippen molar-refractivity contribution in [2.75, 3.05) is 32.8 Å². The van der Waals surface area contributed by atoms with Crippen LogP contribution in [0.3, 0.4) is 0 Å². The van der Waals surface area contributed by atoms with E-state index in [2.05, 4.69) is 11.0 Å². The first-order valence-electron chi connectivity index (χ1n) is 7.75. The van der Waals surface area contributed by atoms with Crippen LogP contribution in [-0.2, 0) is 9.53 Å². The molecule has 0 saturated carbocycles. The molecule has 1 heterocycles. The van der Waals surface area contributed by atoms with Crippen LogP contribution in [0.2, 0.25) is 0 Å². The zero-order chi connectivity index (χ0) is 15.8. The summed E-state index contributed by atoms with van der Waals surface area (Å²) in [6.07, 6.45) is 1.71. The monoisotopic (exact) mass is 302 g/mol. The lowest BCUT2D eigenvalue weighted by atomic mass is 9.97. The van der Waals surface area contributed by atoms with E-state index in [9.17, 15) is 4.79 Å². The molecule has 118 valence electrons. The fourth-order valence-corrected chi connectivity index (χ4v) is 2.57. The number of ether oxygens (including phenoxy) is 2. The molecule has 1 aliphatic heterocycles. The van der Waals surface area contributed by atoms with E-state index in [4.69, 9.17) is 14.7 Å². The van der Waals surface area contributed by atoms with Crippen LogP contribution in [0, 0.1) is 17.2 Å². The van der Waals surface area contributed by atoms with Crippen LogP contribution in [0.15, 0.2) is 24.3 Å². The number of piperidine rings is 1. The second-order valence-corrected chi connectivity index (χ2v) is 5.35. The van der Waals surface area contributed by atoms with E-state index in [-0.39, 0.29) is 11.9 Å². The highest BCUT2D eigenvalue weighted by Crippen LogP contribution is 2.18. The zero-order valence-electron chi connectivity index (χ0n) is 13.0. The third-order valence-electron chi connectivity index (χ3n) is 3.87. The van der Waals surface area contributed by atoms with Crippen LogP contribution in [0.25, 0.3) is 0 Å². The van der Waals surface area contributed by atoms with Crippen LogP contribution in [-0.4, -0.2) is 43.7 Å². The molecule has 0 unspecified atom stereocenters. The van der Waals surface area contributed by atoms with Crippen LogP contribution in [0.1, 0.15) is 25.3 Å². The zero-order valence-corrected chi connectivity index (χ0v) is 13.0. The lowest BCUT2D eigenvalue weighted by Crippen LogP contribution is -2.39. The summed E-state index contributed by atoms with van der Waals surface area (Å²) in [7, 11) is 0. The molecular weight excluding hydrogens is 280 g/mol. The molecule has 0 bridgehead atoms. The Morgan fingerprint density at radius 2 is 2.00 bits per heavy atom. The van der Waals surface area contributed by atoms with E-state index >= 15 is 0 Å². The number of carbonyl (C=O) groups is 1. The molecule has 5 nitrogen and oxygen atoms in total. The molecule has 1 aliphatic rings. The number of benzene rings is 1. The lowest BCUT2D eigenvalue weighted by Gasteiger charge is -2.30. The molecule has 1 aromatic carbocycles. The number of likely N-dealkylation sites (tertiary alicyclic amines) is 1. The van der Waals surface area contributed by atoms with Crippen LogP contribution in [0.4, 0.5) is 0 Å². The Hall–Kier alpha value is -2.06. The van der Waals surface area contributed by atoms with Gasteiger partial charge in [-0.2, -0.15) is 5.26 Å². The first kappa shape index (κ1) is 16.3. The number of hydrogen-bond acceptors (Lipinski definition) is 5. The number of nitrogens with zero attached hydrogens (tertiary/aromatic N) is 2. The van der Waals surface area contributed by atoms with E-state index < -0.39 is 0 Å². The Balaban J connectivity index is 1.66. The molecule has 22 heavy (non-hydrogen) atoms. The quantitative estimate of drug-likeness (QED) is 0.754. The first-order chi connectivity index (χ1) is 10.7. The molecular formula is C17H22N2O3. The number of nitriles is 1. The SMILES string of the molecule is CCOC(=O)C1CCN(CCOc2ccc(C#N)cc2)CC1. The summed E-state index contributed by atoms with van der Waals surface area (Å²) in [6, 6.07) is 9.21. The Kier molecular flexibility index (Phi) is 6.23. The second-order valence-electron chi connectivity index (χ2n) is 5.35. The van der Waals surface area contributed by atoms with Gasteiger partial charge in [0, 0.05) is 6.54 Å². The summed E-state index contributed by atoms with van der Waals surface area (Å²) in [4.78, 5) is 14.0. The molecule has 0 spiro atoms. The van der Waals surface area contributed by atoms with Crippen LogP contribution >= 0.6 is 0 Å². The molecule has 1 saturated heterocycles. The molecule has 0 aliphatic carbocycles. The van der Waals surface area contributed by atoms with Gasteiger partial charge in [0.05, 0.1) is 24.2 Å². The van der Waals surface area contributed by atoms with Gasteiger partial charge >= 0.3 is 5.97 Å². The molecule has 0 aromatic heterocycles. The molecule has 5 heteroatoms. The van der Waals surface area contributed by atoms with Gasteiger partial charge in [-0.05, 0) is 57.1 Å². The molecule has 0 amide bonds. The van der Waals surface area contributed by atoms with Crippen molar-refractivity contribution in [3.8, 4) is 11.8 Å². The van der Waals surface area contributed by atoms with Crippen molar-refractivity contribution in [2.45, 2.75) is 19.8 Å². The van der Waals surface area contributed by atoms with Gasteiger partial charge in [-0.15, -0.1) is 0 Å². The van der Waals surface area contributed by atoms with Crippen LogP contribution < -0.4 is 4.74 Å². The van der Waals surface area contributed by atoms with E-state index in [1.807, 2.05) is 19.1 Å². The Bertz CT molecular complexity index is 514. The van der Waals surface area contributed by atoms with Crippen molar-refractivity contribution < 1.29 is 14.3 Å². The van der Waals surface area contributed by atoms with E-state index in [1.165, 1.54) is 0 Å². The van der Waals surface area contributed by atoms with Crippen molar-refractivity contribution in [2.24, 2.45) is 5.92 Å². The highest BCUT2D eigenvalue weighted by molar-refractivity contribution is 5.72.